The fourth-order valence-corrected chi connectivity index (χ4v) is 4.69. The van der Waals surface area contributed by atoms with Crippen molar-refractivity contribution < 1.29 is 14.6 Å². The number of nitrogens with one attached hydrogen (secondary N) is 1. The van der Waals surface area contributed by atoms with E-state index in [-0.39, 0.29) is 5.91 Å². The minimum Gasteiger partial charge on any atom is -0.490 e. The van der Waals surface area contributed by atoms with E-state index in [0.717, 1.165) is 37.7 Å². The molecule has 0 radical (unpaired) electrons. The fraction of sp³-hybridized carbons (Fsp3) is 0.696. The zero-order valence-electron chi connectivity index (χ0n) is 17.6. The highest BCUT2D eigenvalue weighted by molar-refractivity contribution is 5.72. The summed E-state index contributed by atoms with van der Waals surface area (Å²) in [5.74, 6) is 0.861. The molecule has 2 N–H and O–H groups in total. The lowest BCUT2D eigenvalue weighted by molar-refractivity contribution is -0.120. The third-order valence-corrected chi connectivity index (χ3v) is 6.93. The molecule has 0 aromatic heterocycles. The molecule has 2 aliphatic heterocycles. The van der Waals surface area contributed by atoms with Gasteiger partial charge in [0.1, 0.15) is 11.9 Å². The fourth-order valence-electron chi connectivity index (χ4n) is 4.69. The molecule has 0 spiro atoms. The topological polar surface area (TPSA) is 65.0 Å². The molecule has 1 aliphatic carbocycles. The van der Waals surface area contributed by atoms with Crippen molar-refractivity contribution in [3.8, 4) is 5.75 Å². The molecule has 2 heterocycles. The quantitative estimate of drug-likeness (QED) is 0.767. The summed E-state index contributed by atoms with van der Waals surface area (Å²) in [6, 6.07) is 9.24. The summed E-state index contributed by atoms with van der Waals surface area (Å²) < 4.78 is 6.24. The third-order valence-electron chi connectivity index (χ3n) is 6.93. The summed E-state index contributed by atoms with van der Waals surface area (Å²) in [7, 11) is 0. The number of amides is 1. The van der Waals surface area contributed by atoms with Gasteiger partial charge in [0.2, 0.25) is 5.91 Å². The van der Waals surface area contributed by atoms with E-state index in [1.165, 1.54) is 45.0 Å². The number of hydrogen-bond donors (Lipinski definition) is 2. The van der Waals surface area contributed by atoms with E-state index in [9.17, 15) is 9.90 Å². The van der Waals surface area contributed by atoms with Crippen LogP contribution < -0.4 is 15.0 Å². The van der Waals surface area contributed by atoms with E-state index in [2.05, 4.69) is 39.4 Å². The Morgan fingerprint density at radius 3 is 2.31 bits per heavy atom. The predicted octanol–water partition coefficient (Wildman–Crippen LogP) is 2.55. The number of hydrogen-bond acceptors (Lipinski definition) is 5. The Morgan fingerprint density at radius 2 is 1.76 bits per heavy atom. The highest BCUT2D eigenvalue weighted by atomic mass is 16.5. The summed E-state index contributed by atoms with van der Waals surface area (Å²) in [6.45, 7) is 5.74. The number of carbonyl (C=O) groups excluding carboxylic acids is 1. The number of ether oxygens (including phenoxy) is 1. The Morgan fingerprint density at radius 1 is 1.10 bits per heavy atom. The van der Waals surface area contributed by atoms with Gasteiger partial charge in [-0.25, -0.2) is 0 Å². The van der Waals surface area contributed by atoms with Crippen LogP contribution >= 0.6 is 0 Å². The molecule has 1 saturated carbocycles. The van der Waals surface area contributed by atoms with Gasteiger partial charge in [-0.3, -0.25) is 4.79 Å². The second-order valence-electron chi connectivity index (χ2n) is 9.05. The maximum absolute atomic E-state index is 11.1. The van der Waals surface area contributed by atoms with Crippen molar-refractivity contribution in [1.82, 2.24) is 10.2 Å². The molecule has 4 rings (SSSR count). The molecule has 1 amide bonds. The van der Waals surface area contributed by atoms with E-state index in [1.54, 1.807) is 0 Å². The zero-order chi connectivity index (χ0) is 20.3. The van der Waals surface area contributed by atoms with Crippen molar-refractivity contribution >= 4 is 11.6 Å². The van der Waals surface area contributed by atoms with Gasteiger partial charge < -0.3 is 25.0 Å². The van der Waals surface area contributed by atoms with Crippen molar-refractivity contribution in [2.45, 2.75) is 69.6 Å². The Balaban J connectivity index is 1.23. The second kappa shape index (κ2) is 8.92. The van der Waals surface area contributed by atoms with Gasteiger partial charge in [0.05, 0.1) is 5.60 Å². The molecule has 6 nitrogen and oxygen atoms in total. The molecule has 0 atom stereocenters. The molecule has 160 valence electrons. The number of benzene rings is 1. The van der Waals surface area contributed by atoms with E-state index < -0.39 is 5.60 Å². The van der Waals surface area contributed by atoms with Crippen LogP contribution in [0.15, 0.2) is 24.3 Å². The van der Waals surface area contributed by atoms with E-state index in [0.29, 0.717) is 25.5 Å². The van der Waals surface area contributed by atoms with Crippen LogP contribution in [-0.4, -0.2) is 66.4 Å². The molecule has 2 saturated heterocycles. The monoisotopic (exact) mass is 401 g/mol. The summed E-state index contributed by atoms with van der Waals surface area (Å²) in [4.78, 5) is 16.0. The average molecular weight is 402 g/mol. The lowest BCUT2D eigenvalue weighted by atomic mass is 9.90. The summed E-state index contributed by atoms with van der Waals surface area (Å²) in [5, 5.41) is 13.4. The van der Waals surface area contributed by atoms with Gasteiger partial charge in [-0.15, -0.1) is 0 Å². The smallest absolute Gasteiger partial charge is 0.216 e. The Bertz CT molecular complexity index is 673. The van der Waals surface area contributed by atoms with Crippen LogP contribution in [0.3, 0.4) is 0 Å². The van der Waals surface area contributed by atoms with Gasteiger partial charge >= 0.3 is 0 Å². The molecular formula is C23H35N3O3. The van der Waals surface area contributed by atoms with E-state index >= 15 is 0 Å². The van der Waals surface area contributed by atoms with Gasteiger partial charge in [0.25, 0.3) is 0 Å². The minimum absolute atomic E-state index is 0.0924. The van der Waals surface area contributed by atoms with E-state index in [4.69, 9.17) is 4.74 Å². The van der Waals surface area contributed by atoms with Crippen LogP contribution in [0.2, 0.25) is 0 Å². The number of likely N-dealkylation sites (tertiary alicyclic amines) is 1. The van der Waals surface area contributed by atoms with Crippen molar-refractivity contribution in [1.29, 1.82) is 0 Å². The molecule has 1 aromatic carbocycles. The first-order valence-corrected chi connectivity index (χ1v) is 11.2. The van der Waals surface area contributed by atoms with Crippen molar-refractivity contribution in [3.05, 3.63) is 24.3 Å². The zero-order valence-corrected chi connectivity index (χ0v) is 17.6. The van der Waals surface area contributed by atoms with Crippen LogP contribution in [-0.2, 0) is 4.79 Å². The van der Waals surface area contributed by atoms with E-state index in [1.807, 2.05) is 0 Å². The average Bonchev–Trinajstić information content (AvgIpc) is 2.68. The van der Waals surface area contributed by atoms with Crippen molar-refractivity contribution in [2.24, 2.45) is 0 Å². The number of carbonyl (C=O) groups is 1. The Hall–Kier alpha value is -1.79. The standard InChI is InChI=1S/C23H35N3O3/c1-18(27)24-17-23(28)11-15-26(16-12-23)20-5-7-21(8-6-20)29-22-9-13-25(14-10-22)19-3-2-4-19/h5-8,19,22,28H,2-4,9-17H2,1H3,(H,24,27). The highest BCUT2D eigenvalue weighted by Gasteiger charge is 2.32. The van der Waals surface area contributed by atoms with Crippen LogP contribution in [0, 0.1) is 0 Å². The minimum atomic E-state index is -0.792. The summed E-state index contributed by atoms with van der Waals surface area (Å²) >= 11 is 0. The summed E-state index contributed by atoms with van der Waals surface area (Å²) in [6.07, 6.45) is 8.06. The maximum atomic E-state index is 11.1. The van der Waals surface area contributed by atoms with Crippen molar-refractivity contribution in [2.75, 3.05) is 37.6 Å². The first-order valence-electron chi connectivity index (χ1n) is 11.2. The lowest BCUT2D eigenvalue weighted by Crippen LogP contribution is -2.50. The molecular weight excluding hydrogens is 366 g/mol. The second-order valence-corrected chi connectivity index (χ2v) is 9.05. The molecule has 6 heteroatoms. The Labute approximate surface area is 174 Å². The molecule has 3 aliphatic rings. The molecule has 1 aromatic rings. The van der Waals surface area contributed by atoms with Crippen LogP contribution in [0.4, 0.5) is 5.69 Å². The molecule has 0 unspecified atom stereocenters. The van der Waals surface area contributed by atoms with Gasteiger partial charge in [0, 0.05) is 51.4 Å². The number of anilines is 1. The maximum Gasteiger partial charge on any atom is 0.216 e. The normalized spacial score (nSPS) is 23.4. The van der Waals surface area contributed by atoms with Crippen molar-refractivity contribution in [3.63, 3.8) is 0 Å². The number of nitrogens with zero attached hydrogens (tertiary/aromatic N) is 2. The van der Waals surface area contributed by atoms with Gasteiger partial charge in [-0.2, -0.15) is 0 Å². The molecule has 0 bridgehead atoms. The van der Waals surface area contributed by atoms with Crippen LogP contribution in [0.1, 0.15) is 51.9 Å². The number of aliphatic hydroxyl groups is 1. The molecule has 3 fully saturated rings. The first kappa shape index (κ1) is 20.5. The molecule has 29 heavy (non-hydrogen) atoms. The van der Waals surface area contributed by atoms with Gasteiger partial charge in [-0.05, 0) is 62.8 Å². The van der Waals surface area contributed by atoms with Gasteiger partial charge in [0.15, 0.2) is 0 Å². The van der Waals surface area contributed by atoms with Crippen LogP contribution in [0.5, 0.6) is 5.75 Å². The number of piperidine rings is 2. The summed E-state index contributed by atoms with van der Waals surface area (Å²) in [5.41, 5.74) is 0.373. The number of rotatable bonds is 6. The highest BCUT2D eigenvalue weighted by Crippen LogP contribution is 2.30. The first-order chi connectivity index (χ1) is 14.0. The predicted molar refractivity (Wildman–Crippen MR) is 114 cm³/mol. The van der Waals surface area contributed by atoms with Crippen LogP contribution in [0.25, 0.3) is 0 Å². The lowest BCUT2D eigenvalue weighted by Gasteiger charge is -2.41. The third kappa shape index (κ3) is 5.23. The SMILES string of the molecule is CC(=O)NCC1(O)CCN(c2ccc(OC3CCN(C4CCC4)CC3)cc2)CC1. The van der Waals surface area contributed by atoms with Gasteiger partial charge in [-0.1, -0.05) is 6.42 Å². The Kier molecular flexibility index (Phi) is 6.30. The largest absolute Gasteiger partial charge is 0.490 e.